The van der Waals surface area contributed by atoms with E-state index in [0.29, 0.717) is 0 Å². The lowest BCUT2D eigenvalue weighted by Crippen LogP contribution is -2.49. The number of nitrogens with one attached hydrogen (secondary N) is 1. The number of rotatable bonds is 4. The van der Waals surface area contributed by atoms with E-state index in [2.05, 4.69) is 27.0 Å². The van der Waals surface area contributed by atoms with Crippen LogP contribution in [0.5, 0.6) is 0 Å². The highest BCUT2D eigenvalue weighted by molar-refractivity contribution is 14.0. The SMILES string of the molecule is CN=C(NCC(c1ccc(F)cc1)N1CCOCC1)N1CCC(C)CC1.I. The van der Waals surface area contributed by atoms with Gasteiger partial charge in [0.05, 0.1) is 19.3 Å². The second-order valence-corrected chi connectivity index (χ2v) is 7.31. The maximum atomic E-state index is 13.4. The van der Waals surface area contributed by atoms with Crippen molar-refractivity contribution >= 4 is 29.9 Å². The molecule has 2 heterocycles. The van der Waals surface area contributed by atoms with Crippen LogP contribution in [0.15, 0.2) is 29.3 Å². The van der Waals surface area contributed by atoms with E-state index >= 15 is 0 Å². The zero-order valence-electron chi connectivity index (χ0n) is 16.4. The number of benzene rings is 1. The van der Waals surface area contributed by atoms with E-state index in [1.54, 1.807) is 12.1 Å². The summed E-state index contributed by atoms with van der Waals surface area (Å²) in [5.74, 6) is 1.57. The first kappa shape index (κ1) is 22.4. The van der Waals surface area contributed by atoms with Gasteiger partial charge in [0.1, 0.15) is 5.82 Å². The molecule has 5 nitrogen and oxygen atoms in total. The molecule has 1 atom stereocenters. The van der Waals surface area contributed by atoms with Crippen LogP contribution in [-0.2, 0) is 4.74 Å². The molecule has 2 fully saturated rings. The number of likely N-dealkylation sites (tertiary alicyclic amines) is 1. The first-order valence-electron chi connectivity index (χ1n) is 9.70. The first-order valence-corrected chi connectivity index (χ1v) is 9.70. The minimum atomic E-state index is -0.194. The van der Waals surface area contributed by atoms with Gasteiger partial charge in [-0.25, -0.2) is 4.39 Å². The Morgan fingerprint density at radius 1 is 1.19 bits per heavy atom. The number of morpholine rings is 1. The van der Waals surface area contributed by atoms with E-state index < -0.39 is 0 Å². The minimum Gasteiger partial charge on any atom is -0.379 e. The second kappa shape index (κ2) is 11.2. The molecule has 1 aromatic rings. The highest BCUT2D eigenvalue weighted by Crippen LogP contribution is 2.22. The van der Waals surface area contributed by atoms with Crippen molar-refractivity contribution < 1.29 is 9.13 Å². The standard InChI is InChI=1S/C20H31FN4O.HI/c1-16-7-9-25(10-8-16)20(22-2)23-15-19(24-11-13-26-14-12-24)17-3-5-18(21)6-4-17;/h3-6,16,19H,7-15H2,1-2H3,(H,22,23);1H. The normalized spacial score (nSPS) is 20.9. The molecule has 0 aromatic heterocycles. The van der Waals surface area contributed by atoms with Gasteiger partial charge in [-0.1, -0.05) is 19.1 Å². The van der Waals surface area contributed by atoms with Crippen LogP contribution < -0.4 is 5.32 Å². The Labute approximate surface area is 179 Å². The molecule has 0 spiro atoms. The van der Waals surface area contributed by atoms with Crippen LogP contribution >= 0.6 is 24.0 Å². The fourth-order valence-electron chi connectivity index (χ4n) is 3.77. The third kappa shape index (κ3) is 6.29. The van der Waals surface area contributed by atoms with E-state index in [0.717, 1.165) is 63.4 Å². The van der Waals surface area contributed by atoms with Crippen LogP contribution in [0.1, 0.15) is 31.4 Å². The third-order valence-corrected chi connectivity index (χ3v) is 5.49. The van der Waals surface area contributed by atoms with E-state index in [1.165, 1.54) is 12.8 Å². The predicted molar refractivity (Wildman–Crippen MR) is 118 cm³/mol. The molecule has 0 radical (unpaired) electrons. The molecule has 2 aliphatic rings. The van der Waals surface area contributed by atoms with Crippen molar-refractivity contribution in [1.29, 1.82) is 0 Å². The molecule has 2 aliphatic heterocycles. The molecule has 7 heteroatoms. The molecule has 0 amide bonds. The van der Waals surface area contributed by atoms with Crippen LogP contribution in [0.2, 0.25) is 0 Å². The molecule has 1 aromatic carbocycles. The fraction of sp³-hybridized carbons (Fsp3) is 0.650. The lowest BCUT2D eigenvalue weighted by molar-refractivity contribution is 0.0168. The Hall–Kier alpha value is -0.930. The van der Waals surface area contributed by atoms with Gasteiger partial charge in [0.25, 0.3) is 0 Å². The zero-order valence-corrected chi connectivity index (χ0v) is 18.7. The number of guanidine groups is 1. The summed E-state index contributed by atoms with van der Waals surface area (Å²) in [5, 5.41) is 3.56. The monoisotopic (exact) mass is 490 g/mol. The van der Waals surface area contributed by atoms with Crippen molar-refractivity contribution in [2.24, 2.45) is 10.9 Å². The Morgan fingerprint density at radius 2 is 1.81 bits per heavy atom. The summed E-state index contributed by atoms with van der Waals surface area (Å²) in [6, 6.07) is 7.05. The Balaban J connectivity index is 0.00000261. The quantitative estimate of drug-likeness (QED) is 0.400. The van der Waals surface area contributed by atoms with Crippen molar-refractivity contribution in [3.63, 3.8) is 0 Å². The number of ether oxygens (including phenoxy) is 1. The van der Waals surface area contributed by atoms with Gasteiger partial charge in [-0.2, -0.15) is 0 Å². The van der Waals surface area contributed by atoms with Gasteiger partial charge in [-0.15, -0.1) is 24.0 Å². The summed E-state index contributed by atoms with van der Waals surface area (Å²) >= 11 is 0. The van der Waals surface area contributed by atoms with Crippen molar-refractivity contribution in [3.05, 3.63) is 35.6 Å². The maximum absolute atomic E-state index is 13.4. The molecule has 1 unspecified atom stereocenters. The average Bonchev–Trinajstić information content (AvgIpc) is 2.68. The van der Waals surface area contributed by atoms with Crippen LogP contribution in [0.3, 0.4) is 0 Å². The predicted octanol–water partition coefficient (Wildman–Crippen LogP) is 3.12. The molecule has 0 saturated carbocycles. The number of hydrogen-bond donors (Lipinski definition) is 1. The largest absolute Gasteiger partial charge is 0.379 e. The molecule has 1 N–H and O–H groups in total. The number of aliphatic imine (C=N–C) groups is 1. The molecule has 2 saturated heterocycles. The first-order chi connectivity index (χ1) is 12.7. The van der Waals surface area contributed by atoms with Crippen molar-refractivity contribution in [2.45, 2.75) is 25.8 Å². The van der Waals surface area contributed by atoms with Crippen LogP contribution in [0, 0.1) is 11.7 Å². The highest BCUT2D eigenvalue weighted by Gasteiger charge is 2.24. The number of halogens is 2. The molecule has 27 heavy (non-hydrogen) atoms. The van der Waals surface area contributed by atoms with Crippen molar-refractivity contribution in [2.75, 3.05) is 53.0 Å². The smallest absolute Gasteiger partial charge is 0.193 e. The van der Waals surface area contributed by atoms with Gasteiger partial charge < -0.3 is 15.0 Å². The van der Waals surface area contributed by atoms with Crippen LogP contribution in [0.25, 0.3) is 0 Å². The number of hydrogen-bond acceptors (Lipinski definition) is 3. The van der Waals surface area contributed by atoms with E-state index in [-0.39, 0.29) is 35.8 Å². The molecule has 152 valence electrons. The lowest BCUT2D eigenvalue weighted by Gasteiger charge is -2.37. The Morgan fingerprint density at radius 3 is 2.41 bits per heavy atom. The van der Waals surface area contributed by atoms with Gasteiger partial charge in [0, 0.05) is 39.8 Å². The minimum absolute atomic E-state index is 0. The van der Waals surface area contributed by atoms with Gasteiger partial charge in [0.2, 0.25) is 0 Å². The summed E-state index contributed by atoms with van der Waals surface area (Å²) < 4.78 is 18.9. The Bertz CT molecular complexity index is 584. The van der Waals surface area contributed by atoms with Crippen LogP contribution in [-0.4, -0.2) is 68.7 Å². The van der Waals surface area contributed by atoms with Gasteiger partial charge >= 0.3 is 0 Å². The second-order valence-electron chi connectivity index (χ2n) is 7.31. The molecular formula is C20H32FIN4O. The van der Waals surface area contributed by atoms with Crippen molar-refractivity contribution in [1.82, 2.24) is 15.1 Å². The summed E-state index contributed by atoms with van der Waals surface area (Å²) in [6.07, 6.45) is 2.43. The summed E-state index contributed by atoms with van der Waals surface area (Å²) in [4.78, 5) is 9.25. The highest BCUT2D eigenvalue weighted by atomic mass is 127. The summed E-state index contributed by atoms with van der Waals surface area (Å²) in [7, 11) is 1.85. The molecular weight excluding hydrogens is 458 g/mol. The zero-order chi connectivity index (χ0) is 18.4. The topological polar surface area (TPSA) is 40.1 Å². The average molecular weight is 490 g/mol. The lowest BCUT2D eigenvalue weighted by atomic mass is 9.99. The summed E-state index contributed by atoms with van der Waals surface area (Å²) in [5.41, 5.74) is 1.13. The van der Waals surface area contributed by atoms with Crippen molar-refractivity contribution in [3.8, 4) is 0 Å². The van der Waals surface area contributed by atoms with Crippen LogP contribution in [0.4, 0.5) is 4.39 Å². The molecule has 0 bridgehead atoms. The van der Waals surface area contributed by atoms with E-state index in [9.17, 15) is 4.39 Å². The molecule has 0 aliphatic carbocycles. The number of piperidine rings is 1. The summed E-state index contributed by atoms with van der Waals surface area (Å²) in [6.45, 7) is 8.46. The maximum Gasteiger partial charge on any atom is 0.193 e. The van der Waals surface area contributed by atoms with E-state index in [4.69, 9.17) is 4.74 Å². The fourth-order valence-corrected chi connectivity index (χ4v) is 3.77. The molecule has 3 rings (SSSR count). The van der Waals surface area contributed by atoms with Gasteiger partial charge in [-0.3, -0.25) is 9.89 Å². The third-order valence-electron chi connectivity index (χ3n) is 5.49. The van der Waals surface area contributed by atoms with Gasteiger partial charge in [-0.05, 0) is 36.5 Å². The number of nitrogens with zero attached hydrogens (tertiary/aromatic N) is 3. The van der Waals surface area contributed by atoms with E-state index in [1.807, 2.05) is 19.2 Å². The Kier molecular flexibility index (Phi) is 9.25. The van der Waals surface area contributed by atoms with Gasteiger partial charge in [0.15, 0.2) is 5.96 Å².